The minimum atomic E-state index is -3.84. The Labute approximate surface area is 165 Å². The van der Waals surface area contributed by atoms with Crippen LogP contribution in [0.15, 0.2) is 53.4 Å². The Bertz CT molecular complexity index is 994. The van der Waals surface area contributed by atoms with Crippen molar-refractivity contribution in [2.45, 2.75) is 49.2 Å². The number of benzene rings is 2. The second kappa shape index (κ2) is 7.75. The summed E-state index contributed by atoms with van der Waals surface area (Å²) in [4.78, 5) is 24.8. The van der Waals surface area contributed by atoms with Gasteiger partial charge in [-0.3, -0.25) is 9.59 Å². The van der Waals surface area contributed by atoms with Crippen LogP contribution < -0.4 is 10.6 Å². The molecule has 7 heteroatoms. The van der Waals surface area contributed by atoms with Gasteiger partial charge in [0.05, 0.1) is 4.90 Å². The van der Waals surface area contributed by atoms with Crippen molar-refractivity contribution < 1.29 is 18.0 Å². The second-order valence-corrected chi connectivity index (χ2v) is 9.39. The topological polar surface area (TPSA) is 92.3 Å². The number of sulfone groups is 1. The van der Waals surface area contributed by atoms with Crippen molar-refractivity contribution in [3.8, 4) is 0 Å². The molecule has 0 saturated heterocycles. The number of rotatable bonds is 5. The zero-order valence-electron chi connectivity index (χ0n) is 16.0. The Hall–Kier alpha value is -2.67. The summed E-state index contributed by atoms with van der Waals surface area (Å²) in [5, 5.41) is 5.53. The van der Waals surface area contributed by atoms with E-state index >= 15 is 0 Å². The summed E-state index contributed by atoms with van der Waals surface area (Å²) >= 11 is 0. The van der Waals surface area contributed by atoms with Crippen molar-refractivity contribution in [1.82, 2.24) is 0 Å². The Balaban J connectivity index is 1.97. The first-order valence-electron chi connectivity index (χ1n) is 9.26. The van der Waals surface area contributed by atoms with Crippen LogP contribution in [0.2, 0.25) is 0 Å². The molecule has 0 heterocycles. The molecule has 28 heavy (non-hydrogen) atoms. The largest absolute Gasteiger partial charge is 0.326 e. The monoisotopic (exact) mass is 400 g/mol. The summed E-state index contributed by atoms with van der Waals surface area (Å²) in [6.07, 6.45) is 1.95. The molecule has 0 radical (unpaired) electrons. The van der Waals surface area contributed by atoms with E-state index in [1.54, 1.807) is 43.3 Å². The summed E-state index contributed by atoms with van der Waals surface area (Å²) in [6, 6.07) is 13.3. The standard InChI is InChI=1S/C21H24N2O4S/c1-15-18(22-16(2)24)11-8-12-19(15)23-20(25)21(13-6-7-14-21)28(26,27)17-9-4-3-5-10-17/h3-5,8-12H,6-7,13-14H2,1-2H3,(H,22,24)(H,23,25). The number of carbonyl (C=O) groups is 2. The van der Waals surface area contributed by atoms with Gasteiger partial charge in [0, 0.05) is 18.3 Å². The van der Waals surface area contributed by atoms with Gasteiger partial charge in [-0.05, 0) is 49.6 Å². The van der Waals surface area contributed by atoms with Gasteiger partial charge in [-0.2, -0.15) is 0 Å². The van der Waals surface area contributed by atoms with Gasteiger partial charge in [0.1, 0.15) is 0 Å². The summed E-state index contributed by atoms with van der Waals surface area (Å²) in [7, 11) is -3.84. The lowest BCUT2D eigenvalue weighted by molar-refractivity contribution is -0.118. The van der Waals surface area contributed by atoms with E-state index in [1.165, 1.54) is 19.1 Å². The lowest BCUT2D eigenvalue weighted by atomic mass is 10.1. The predicted octanol–water partition coefficient (Wildman–Crippen LogP) is 3.68. The molecule has 2 amide bonds. The van der Waals surface area contributed by atoms with E-state index < -0.39 is 20.5 Å². The highest BCUT2D eigenvalue weighted by Gasteiger charge is 2.53. The van der Waals surface area contributed by atoms with Crippen LogP contribution in [0, 0.1) is 6.92 Å². The summed E-state index contributed by atoms with van der Waals surface area (Å²) in [5.74, 6) is -0.734. The fourth-order valence-electron chi connectivity index (χ4n) is 3.72. The smallest absolute Gasteiger partial charge is 0.246 e. The minimum absolute atomic E-state index is 0.163. The van der Waals surface area contributed by atoms with Crippen LogP contribution in [-0.2, 0) is 19.4 Å². The minimum Gasteiger partial charge on any atom is -0.326 e. The Morgan fingerprint density at radius 3 is 2.04 bits per heavy atom. The molecule has 0 spiro atoms. The van der Waals surface area contributed by atoms with Crippen LogP contribution in [-0.4, -0.2) is 25.0 Å². The average molecular weight is 401 g/mol. The Kier molecular flexibility index (Phi) is 5.56. The molecule has 1 fully saturated rings. The lowest BCUT2D eigenvalue weighted by Crippen LogP contribution is -2.47. The summed E-state index contributed by atoms with van der Waals surface area (Å²) < 4.78 is 25.3. The van der Waals surface area contributed by atoms with E-state index in [1.807, 2.05) is 0 Å². The highest BCUT2D eigenvalue weighted by Crippen LogP contribution is 2.41. The molecule has 0 atom stereocenters. The van der Waals surface area contributed by atoms with Gasteiger partial charge < -0.3 is 10.6 Å². The predicted molar refractivity (Wildman–Crippen MR) is 109 cm³/mol. The molecule has 1 aliphatic rings. The molecule has 3 rings (SSSR count). The lowest BCUT2D eigenvalue weighted by Gasteiger charge is -2.28. The molecule has 148 valence electrons. The first-order chi connectivity index (χ1) is 13.3. The number of amides is 2. The second-order valence-electron chi connectivity index (χ2n) is 7.13. The normalized spacial score (nSPS) is 15.8. The van der Waals surface area contributed by atoms with Crippen LogP contribution in [0.5, 0.6) is 0 Å². The molecule has 2 aromatic carbocycles. The van der Waals surface area contributed by atoms with E-state index in [4.69, 9.17) is 0 Å². The highest BCUT2D eigenvalue weighted by molar-refractivity contribution is 7.93. The summed E-state index contributed by atoms with van der Waals surface area (Å²) in [5.41, 5.74) is 1.75. The molecular weight excluding hydrogens is 376 g/mol. The van der Waals surface area contributed by atoms with Gasteiger partial charge in [-0.1, -0.05) is 37.1 Å². The first-order valence-corrected chi connectivity index (χ1v) is 10.7. The molecule has 1 saturated carbocycles. The molecule has 0 aromatic heterocycles. The number of hydrogen-bond acceptors (Lipinski definition) is 4. The van der Waals surface area contributed by atoms with Gasteiger partial charge in [-0.15, -0.1) is 0 Å². The fourth-order valence-corrected chi connectivity index (χ4v) is 5.81. The maximum Gasteiger partial charge on any atom is 0.246 e. The third-order valence-corrected chi connectivity index (χ3v) is 7.80. The Morgan fingerprint density at radius 1 is 0.893 bits per heavy atom. The van der Waals surface area contributed by atoms with Gasteiger partial charge in [0.2, 0.25) is 11.8 Å². The third-order valence-electron chi connectivity index (χ3n) is 5.29. The molecule has 2 N–H and O–H groups in total. The van der Waals surface area contributed by atoms with Crippen molar-refractivity contribution in [3.05, 3.63) is 54.1 Å². The maximum atomic E-state index is 13.4. The Morgan fingerprint density at radius 2 is 1.46 bits per heavy atom. The number of hydrogen-bond donors (Lipinski definition) is 2. The molecule has 2 aromatic rings. The maximum absolute atomic E-state index is 13.4. The van der Waals surface area contributed by atoms with Crippen molar-refractivity contribution >= 4 is 33.0 Å². The van der Waals surface area contributed by atoms with Crippen LogP contribution >= 0.6 is 0 Å². The highest BCUT2D eigenvalue weighted by atomic mass is 32.2. The van der Waals surface area contributed by atoms with E-state index in [-0.39, 0.29) is 10.8 Å². The van der Waals surface area contributed by atoms with Crippen molar-refractivity contribution in [3.63, 3.8) is 0 Å². The van der Waals surface area contributed by atoms with Gasteiger partial charge >= 0.3 is 0 Å². The number of carbonyl (C=O) groups excluding carboxylic acids is 2. The van der Waals surface area contributed by atoms with Gasteiger partial charge in [-0.25, -0.2) is 8.42 Å². The zero-order chi connectivity index (χ0) is 20.4. The SMILES string of the molecule is CC(=O)Nc1cccc(NC(=O)C2(S(=O)(=O)c3ccccc3)CCCC2)c1C. The molecule has 0 aliphatic heterocycles. The van der Waals surface area contributed by atoms with Crippen molar-refractivity contribution in [2.24, 2.45) is 0 Å². The van der Waals surface area contributed by atoms with E-state index in [0.29, 0.717) is 42.6 Å². The number of nitrogens with one attached hydrogen (secondary N) is 2. The van der Waals surface area contributed by atoms with Crippen LogP contribution in [0.4, 0.5) is 11.4 Å². The molecule has 6 nitrogen and oxygen atoms in total. The zero-order valence-corrected chi connectivity index (χ0v) is 16.8. The molecule has 0 unspecified atom stereocenters. The van der Waals surface area contributed by atoms with Crippen LogP contribution in [0.3, 0.4) is 0 Å². The molecular formula is C21H24N2O4S. The van der Waals surface area contributed by atoms with E-state index in [0.717, 1.165) is 0 Å². The first kappa shape index (κ1) is 20.1. The van der Waals surface area contributed by atoms with E-state index in [9.17, 15) is 18.0 Å². The van der Waals surface area contributed by atoms with Gasteiger partial charge in [0.25, 0.3) is 0 Å². The van der Waals surface area contributed by atoms with Gasteiger partial charge in [0.15, 0.2) is 14.6 Å². The fraction of sp³-hybridized carbons (Fsp3) is 0.333. The summed E-state index contributed by atoms with van der Waals surface area (Å²) in [6.45, 7) is 3.18. The third kappa shape index (κ3) is 3.54. The van der Waals surface area contributed by atoms with Crippen molar-refractivity contribution in [2.75, 3.05) is 10.6 Å². The molecule has 1 aliphatic carbocycles. The molecule has 0 bridgehead atoms. The quantitative estimate of drug-likeness (QED) is 0.801. The number of anilines is 2. The van der Waals surface area contributed by atoms with Crippen LogP contribution in [0.25, 0.3) is 0 Å². The average Bonchev–Trinajstić information content (AvgIpc) is 3.17. The van der Waals surface area contributed by atoms with Crippen molar-refractivity contribution in [1.29, 1.82) is 0 Å². The van der Waals surface area contributed by atoms with Crippen LogP contribution in [0.1, 0.15) is 38.2 Å². The van der Waals surface area contributed by atoms with E-state index in [2.05, 4.69) is 10.6 Å².